The zero-order chi connectivity index (χ0) is 16.2. The second kappa shape index (κ2) is 7.14. The summed E-state index contributed by atoms with van der Waals surface area (Å²) in [4.78, 5) is 11.5. The molecule has 0 fully saturated rings. The molecule has 118 valence electrons. The van der Waals surface area contributed by atoms with Crippen molar-refractivity contribution in [3.63, 3.8) is 0 Å². The van der Waals surface area contributed by atoms with Crippen LogP contribution in [-0.4, -0.2) is 55.3 Å². The number of hydrogen-bond acceptors (Lipinski definition) is 6. The van der Waals surface area contributed by atoms with Gasteiger partial charge >= 0.3 is 5.97 Å². The number of aliphatic hydroxyl groups excluding tert-OH is 2. The molecule has 0 aromatic heterocycles. The van der Waals surface area contributed by atoms with Crippen LogP contribution in [0.3, 0.4) is 0 Å². The Morgan fingerprint density at radius 1 is 1.19 bits per heavy atom. The summed E-state index contributed by atoms with van der Waals surface area (Å²) in [6.07, 6.45) is -1.13. The van der Waals surface area contributed by atoms with Gasteiger partial charge in [0.05, 0.1) is 39.6 Å². The van der Waals surface area contributed by atoms with Gasteiger partial charge in [-0.25, -0.2) is 4.79 Å². The third-order valence-electron chi connectivity index (χ3n) is 3.32. The minimum absolute atomic E-state index is 0.0792. The zero-order valence-electron chi connectivity index (χ0n) is 12.4. The van der Waals surface area contributed by atoms with Crippen LogP contribution in [0, 0.1) is 0 Å². The van der Waals surface area contributed by atoms with E-state index in [1.807, 2.05) is 0 Å². The van der Waals surface area contributed by atoms with E-state index in [2.05, 4.69) is 0 Å². The Bertz CT molecular complexity index is 513. The van der Waals surface area contributed by atoms with Crippen molar-refractivity contribution >= 4 is 5.97 Å². The maximum Gasteiger partial charge on any atom is 0.336 e. The number of carbonyl (C=O) groups is 1. The summed E-state index contributed by atoms with van der Waals surface area (Å²) in [5, 5.41) is 28.3. The second-order valence-corrected chi connectivity index (χ2v) is 4.45. The van der Waals surface area contributed by atoms with Crippen molar-refractivity contribution in [2.24, 2.45) is 0 Å². The van der Waals surface area contributed by atoms with E-state index in [-0.39, 0.29) is 28.4 Å². The molecule has 0 aliphatic rings. The first-order chi connectivity index (χ1) is 9.92. The molecule has 0 amide bonds. The molecule has 1 aromatic rings. The topological polar surface area (TPSA) is 105 Å². The van der Waals surface area contributed by atoms with Crippen molar-refractivity contribution in [3.05, 3.63) is 17.2 Å². The quantitative estimate of drug-likeness (QED) is 0.686. The fourth-order valence-electron chi connectivity index (χ4n) is 2.16. The van der Waals surface area contributed by atoms with Crippen LogP contribution in [0.25, 0.3) is 0 Å². The fraction of sp³-hybridized carbons (Fsp3) is 0.500. The molecule has 0 bridgehead atoms. The van der Waals surface area contributed by atoms with Gasteiger partial charge in [-0.15, -0.1) is 0 Å². The Hall–Kier alpha value is -1.99. The van der Waals surface area contributed by atoms with E-state index in [1.165, 1.54) is 27.4 Å². The van der Waals surface area contributed by atoms with E-state index in [0.717, 1.165) is 0 Å². The third kappa shape index (κ3) is 3.20. The van der Waals surface area contributed by atoms with E-state index in [4.69, 9.17) is 19.3 Å². The van der Waals surface area contributed by atoms with Crippen LogP contribution in [0.1, 0.15) is 28.8 Å². The molecule has 0 aliphatic heterocycles. The lowest BCUT2D eigenvalue weighted by Crippen LogP contribution is -2.23. The summed E-state index contributed by atoms with van der Waals surface area (Å²) < 4.78 is 15.6. The third-order valence-corrected chi connectivity index (χ3v) is 3.32. The fourth-order valence-corrected chi connectivity index (χ4v) is 2.16. The van der Waals surface area contributed by atoms with Gasteiger partial charge in [0, 0.05) is 11.5 Å². The molecule has 1 aromatic carbocycles. The molecule has 0 aliphatic carbocycles. The highest BCUT2D eigenvalue weighted by Crippen LogP contribution is 2.45. The maximum atomic E-state index is 11.5. The van der Waals surface area contributed by atoms with Crippen molar-refractivity contribution in [2.45, 2.75) is 18.9 Å². The molecule has 21 heavy (non-hydrogen) atoms. The molecular formula is C14H20O7. The first-order valence-electron chi connectivity index (χ1n) is 6.27. The van der Waals surface area contributed by atoms with Crippen LogP contribution in [0.4, 0.5) is 0 Å². The molecular weight excluding hydrogens is 280 g/mol. The number of benzene rings is 1. The Kier molecular flexibility index (Phi) is 5.80. The van der Waals surface area contributed by atoms with Crippen molar-refractivity contribution in [1.82, 2.24) is 0 Å². The van der Waals surface area contributed by atoms with Gasteiger partial charge in [-0.3, -0.25) is 0 Å². The van der Waals surface area contributed by atoms with Crippen molar-refractivity contribution in [1.29, 1.82) is 0 Å². The summed E-state index contributed by atoms with van der Waals surface area (Å²) in [6, 6.07) is 1.31. The molecule has 0 saturated heterocycles. The lowest BCUT2D eigenvalue weighted by molar-refractivity contribution is 0.0672. The Morgan fingerprint density at radius 3 is 2.14 bits per heavy atom. The van der Waals surface area contributed by atoms with Gasteiger partial charge in [-0.2, -0.15) is 0 Å². The van der Waals surface area contributed by atoms with Crippen molar-refractivity contribution in [3.8, 4) is 17.2 Å². The summed E-state index contributed by atoms with van der Waals surface area (Å²) in [5.41, 5.74) is 0.161. The summed E-state index contributed by atoms with van der Waals surface area (Å²) >= 11 is 0. The Balaban J connectivity index is 3.68. The normalized spacial score (nSPS) is 13.4. The van der Waals surface area contributed by atoms with Crippen LogP contribution < -0.4 is 14.2 Å². The summed E-state index contributed by atoms with van der Waals surface area (Å²) in [7, 11) is 4.15. The van der Waals surface area contributed by atoms with Gasteiger partial charge in [0.15, 0.2) is 11.5 Å². The number of ether oxygens (including phenoxy) is 3. The molecule has 1 rings (SSSR count). The zero-order valence-corrected chi connectivity index (χ0v) is 12.4. The Morgan fingerprint density at radius 2 is 1.76 bits per heavy atom. The number of carboxylic acid groups (broad SMARTS) is 1. The number of carboxylic acids is 1. The number of hydrogen-bond donors (Lipinski definition) is 3. The standard InChI is InChI=1S/C14H20O7/c1-7(9(16)6-15)11-8(14(17)18)5-10(19-2)12(20-3)13(11)21-4/h5,7,9,15-16H,6H2,1-4H3,(H,17,18)/t7-,9+/m0/s1. The largest absolute Gasteiger partial charge is 0.493 e. The van der Waals surface area contributed by atoms with Crippen LogP contribution in [-0.2, 0) is 0 Å². The lowest BCUT2D eigenvalue weighted by Gasteiger charge is -2.24. The Labute approximate surface area is 122 Å². The van der Waals surface area contributed by atoms with Gasteiger partial charge in [-0.05, 0) is 6.07 Å². The molecule has 0 spiro atoms. The highest BCUT2D eigenvalue weighted by atomic mass is 16.5. The lowest BCUT2D eigenvalue weighted by atomic mass is 9.89. The number of rotatable bonds is 7. The molecule has 2 atom stereocenters. The SMILES string of the molecule is COc1cc(C(=O)O)c([C@@H](C)[C@H](O)CO)c(OC)c1OC. The summed E-state index contributed by atoms with van der Waals surface area (Å²) in [5.74, 6) is -1.26. The predicted octanol–water partition coefficient (Wildman–Crippen LogP) is 0.867. The number of methoxy groups -OCH3 is 3. The average molecular weight is 300 g/mol. The van der Waals surface area contributed by atoms with Gasteiger partial charge < -0.3 is 29.5 Å². The van der Waals surface area contributed by atoms with Crippen molar-refractivity contribution in [2.75, 3.05) is 27.9 Å². The summed E-state index contributed by atoms with van der Waals surface area (Å²) in [6.45, 7) is 1.09. The minimum Gasteiger partial charge on any atom is -0.493 e. The number of aromatic carboxylic acids is 1. The molecule has 0 heterocycles. The van der Waals surface area contributed by atoms with E-state index in [1.54, 1.807) is 6.92 Å². The highest BCUT2D eigenvalue weighted by Gasteiger charge is 2.30. The molecule has 0 unspecified atom stereocenters. The van der Waals surface area contributed by atoms with Crippen LogP contribution >= 0.6 is 0 Å². The van der Waals surface area contributed by atoms with E-state index < -0.39 is 24.6 Å². The predicted molar refractivity (Wildman–Crippen MR) is 74.6 cm³/mol. The van der Waals surface area contributed by atoms with Gasteiger partial charge in [0.25, 0.3) is 0 Å². The van der Waals surface area contributed by atoms with Crippen LogP contribution in [0.2, 0.25) is 0 Å². The number of aliphatic hydroxyl groups is 2. The average Bonchev–Trinajstić information content (AvgIpc) is 2.50. The maximum absolute atomic E-state index is 11.5. The molecule has 3 N–H and O–H groups in total. The van der Waals surface area contributed by atoms with Gasteiger partial charge in [0.1, 0.15) is 0 Å². The van der Waals surface area contributed by atoms with E-state index in [9.17, 15) is 15.0 Å². The first kappa shape index (κ1) is 17.1. The highest BCUT2D eigenvalue weighted by molar-refractivity contribution is 5.92. The van der Waals surface area contributed by atoms with Crippen molar-refractivity contribution < 1.29 is 34.3 Å². The van der Waals surface area contributed by atoms with Crippen LogP contribution in [0.15, 0.2) is 6.07 Å². The first-order valence-corrected chi connectivity index (χ1v) is 6.27. The van der Waals surface area contributed by atoms with E-state index >= 15 is 0 Å². The van der Waals surface area contributed by atoms with Crippen LogP contribution in [0.5, 0.6) is 17.2 Å². The second-order valence-electron chi connectivity index (χ2n) is 4.45. The van der Waals surface area contributed by atoms with Gasteiger partial charge in [-0.1, -0.05) is 6.92 Å². The van der Waals surface area contributed by atoms with Gasteiger partial charge in [0.2, 0.25) is 5.75 Å². The molecule has 0 radical (unpaired) electrons. The van der Waals surface area contributed by atoms with E-state index in [0.29, 0.717) is 0 Å². The molecule has 0 saturated carbocycles. The minimum atomic E-state index is -1.19. The smallest absolute Gasteiger partial charge is 0.336 e. The molecule has 7 nitrogen and oxygen atoms in total. The monoisotopic (exact) mass is 300 g/mol. The molecule has 7 heteroatoms.